The number of nitrogens with one attached hydrogen (secondary N) is 1. The molecule has 2 aliphatic heterocycles. The van der Waals surface area contributed by atoms with Gasteiger partial charge in [0.2, 0.25) is 11.8 Å². The lowest BCUT2D eigenvalue weighted by Crippen LogP contribution is -2.77. The smallest absolute Gasteiger partial charge is 0.334 e. The second-order valence-electron chi connectivity index (χ2n) is 10.5. The van der Waals surface area contributed by atoms with Crippen LogP contribution in [0.1, 0.15) is 43.2 Å². The van der Waals surface area contributed by atoms with Gasteiger partial charge in [0.05, 0.1) is 19.6 Å². The summed E-state index contributed by atoms with van der Waals surface area (Å²) in [6, 6.07) is 15.2. The van der Waals surface area contributed by atoms with E-state index >= 15 is 0 Å². The van der Waals surface area contributed by atoms with Crippen molar-refractivity contribution >= 4 is 17.8 Å². The van der Waals surface area contributed by atoms with Crippen LogP contribution in [0.2, 0.25) is 0 Å². The number of rotatable bonds is 6. The zero-order valence-corrected chi connectivity index (χ0v) is 22.0. The second-order valence-corrected chi connectivity index (χ2v) is 10.5. The molecule has 4 amide bonds. The molecule has 39 heavy (non-hydrogen) atoms. The number of hydrazine groups is 1. The number of carbonyl (C=O) groups is 3. The fraction of sp³-hybridized carbons (Fsp3) is 0.433. The molecule has 2 aromatic carbocycles. The highest BCUT2D eigenvalue weighted by Gasteiger charge is 2.52. The number of aromatic hydroxyl groups is 1. The van der Waals surface area contributed by atoms with E-state index < -0.39 is 12.2 Å². The first-order valence-electron chi connectivity index (χ1n) is 13.6. The summed E-state index contributed by atoms with van der Waals surface area (Å²) in [4.78, 5) is 44.8. The highest BCUT2D eigenvalue weighted by atomic mass is 16.3. The van der Waals surface area contributed by atoms with Gasteiger partial charge in [-0.1, -0.05) is 67.6 Å². The SMILES string of the molecule is C#CCN1CC(=O)N2[C@@H](Cc3ccc(O)cc3)C(=O)N(C3CCCCC3)C[C@@H]2N1C(=O)NCc1ccccc1. The maximum absolute atomic E-state index is 14.0. The van der Waals surface area contributed by atoms with Crippen LogP contribution in [0.15, 0.2) is 54.6 Å². The molecule has 2 N–H and O–H groups in total. The Bertz CT molecular complexity index is 1220. The molecule has 9 nitrogen and oxygen atoms in total. The number of hydrogen-bond acceptors (Lipinski definition) is 5. The summed E-state index contributed by atoms with van der Waals surface area (Å²) in [5, 5.41) is 15.9. The summed E-state index contributed by atoms with van der Waals surface area (Å²) in [6.07, 6.45) is 10.3. The van der Waals surface area contributed by atoms with E-state index in [0.717, 1.165) is 43.2 Å². The topological polar surface area (TPSA) is 96.4 Å². The van der Waals surface area contributed by atoms with Crippen molar-refractivity contribution in [1.29, 1.82) is 0 Å². The Morgan fingerprint density at radius 2 is 1.72 bits per heavy atom. The molecule has 3 aliphatic rings. The summed E-state index contributed by atoms with van der Waals surface area (Å²) in [5.41, 5.74) is 1.78. The molecule has 1 aliphatic carbocycles. The molecule has 3 fully saturated rings. The molecule has 0 spiro atoms. The van der Waals surface area contributed by atoms with Crippen molar-refractivity contribution in [1.82, 2.24) is 25.1 Å². The zero-order chi connectivity index (χ0) is 27.4. The summed E-state index contributed by atoms with van der Waals surface area (Å²) in [6.45, 7) is 0.557. The van der Waals surface area contributed by atoms with Gasteiger partial charge in [-0.25, -0.2) is 9.80 Å². The number of fused-ring (bicyclic) bond motifs is 1. The van der Waals surface area contributed by atoms with Gasteiger partial charge in [-0.05, 0) is 36.1 Å². The molecular weight excluding hydrogens is 494 g/mol. The average molecular weight is 530 g/mol. The predicted octanol–water partition coefficient (Wildman–Crippen LogP) is 2.71. The van der Waals surface area contributed by atoms with Gasteiger partial charge in [-0.2, -0.15) is 5.01 Å². The van der Waals surface area contributed by atoms with Gasteiger partial charge in [-0.15, -0.1) is 6.42 Å². The second kappa shape index (κ2) is 11.8. The Hall–Kier alpha value is -4.03. The Kier molecular flexibility index (Phi) is 8.03. The molecule has 9 heteroatoms. The van der Waals surface area contributed by atoms with Crippen molar-refractivity contribution in [3.63, 3.8) is 0 Å². The molecule has 204 valence electrons. The molecule has 2 aromatic rings. The number of benzene rings is 2. The summed E-state index contributed by atoms with van der Waals surface area (Å²) in [7, 11) is 0. The lowest BCUT2D eigenvalue weighted by molar-refractivity contribution is -0.191. The molecule has 0 unspecified atom stereocenters. The van der Waals surface area contributed by atoms with E-state index in [-0.39, 0.29) is 49.3 Å². The monoisotopic (exact) mass is 529 g/mol. The Morgan fingerprint density at radius 3 is 2.41 bits per heavy atom. The first-order valence-corrected chi connectivity index (χ1v) is 13.6. The van der Waals surface area contributed by atoms with Gasteiger partial charge in [0, 0.05) is 19.0 Å². The zero-order valence-electron chi connectivity index (χ0n) is 22.0. The molecule has 2 heterocycles. The van der Waals surface area contributed by atoms with Crippen LogP contribution in [0.3, 0.4) is 0 Å². The van der Waals surface area contributed by atoms with Gasteiger partial charge < -0.3 is 20.2 Å². The van der Waals surface area contributed by atoms with E-state index in [0.29, 0.717) is 13.0 Å². The minimum Gasteiger partial charge on any atom is -0.508 e. The fourth-order valence-electron chi connectivity index (χ4n) is 6.03. The number of nitrogens with zero attached hydrogens (tertiary/aromatic N) is 4. The third kappa shape index (κ3) is 5.71. The largest absolute Gasteiger partial charge is 0.508 e. The predicted molar refractivity (Wildman–Crippen MR) is 146 cm³/mol. The lowest BCUT2D eigenvalue weighted by Gasteiger charge is -2.56. The normalized spacial score (nSPS) is 22.4. The van der Waals surface area contributed by atoms with Crippen LogP contribution in [0.4, 0.5) is 4.79 Å². The third-order valence-electron chi connectivity index (χ3n) is 7.93. The van der Waals surface area contributed by atoms with Crippen molar-refractivity contribution in [3.05, 3.63) is 65.7 Å². The minimum absolute atomic E-state index is 0.0723. The molecule has 2 atom stereocenters. The van der Waals surface area contributed by atoms with E-state index in [1.165, 1.54) is 0 Å². The number of phenolic OH excluding ortho intramolecular Hbond substituents is 1. The van der Waals surface area contributed by atoms with Crippen LogP contribution in [-0.4, -0.2) is 80.7 Å². The molecule has 0 aromatic heterocycles. The van der Waals surface area contributed by atoms with Gasteiger partial charge in [0.15, 0.2) is 0 Å². The van der Waals surface area contributed by atoms with Crippen molar-refractivity contribution < 1.29 is 19.5 Å². The van der Waals surface area contributed by atoms with Crippen LogP contribution in [0.25, 0.3) is 0 Å². The number of phenols is 1. The Morgan fingerprint density at radius 1 is 1.00 bits per heavy atom. The van der Waals surface area contributed by atoms with Crippen molar-refractivity contribution in [2.75, 3.05) is 19.6 Å². The molecule has 5 rings (SSSR count). The van der Waals surface area contributed by atoms with E-state index in [4.69, 9.17) is 6.42 Å². The van der Waals surface area contributed by atoms with E-state index in [2.05, 4.69) is 11.2 Å². The number of urea groups is 1. The number of carbonyl (C=O) groups excluding carboxylic acids is 3. The Balaban J connectivity index is 1.48. The summed E-state index contributed by atoms with van der Waals surface area (Å²) < 4.78 is 0. The fourth-order valence-corrected chi connectivity index (χ4v) is 6.03. The third-order valence-corrected chi connectivity index (χ3v) is 7.93. The van der Waals surface area contributed by atoms with Gasteiger partial charge in [0.1, 0.15) is 18.0 Å². The molecule has 2 saturated heterocycles. The van der Waals surface area contributed by atoms with E-state index in [1.807, 2.05) is 35.2 Å². The van der Waals surface area contributed by atoms with E-state index in [9.17, 15) is 19.5 Å². The van der Waals surface area contributed by atoms with Crippen LogP contribution in [-0.2, 0) is 22.6 Å². The maximum atomic E-state index is 14.0. The van der Waals surface area contributed by atoms with Crippen LogP contribution in [0.5, 0.6) is 5.75 Å². The van der Waals surface area contributed by atoms with Crippen molar-refractivity contribution in [3.8, 4) is 18.1 Å². The summed E-state index contributed by atoms with van der Waals surface area (Å²) >= 11 is 0. The molecule has 0 bridgehead atoms. The quantitative estimate of drug-likeness (QED) is 0.561. The molecular formula is C30H35N5O4. The number of terminal acetylenes is 1. The van der Waals surface area contributed by atoms with Gasteiger partial charge in [-0.3, -0.25) is 9.59 Å². The van der Waals surface area contributed by atoms with Crippen molar-refractivity contribution in [2.45, 2.75) is 63.3 Å². The average Bonchev–Trinajstić information content (AvgIpc) is 2.95. The van der Waals surface area contributed by atoms with Crippen LogP contribution >= 0.6 is 0 Å². The Labute approximate surface area is 229 Å². The lowest BCUT2D eigenvalue weighted by atomic mass is 9.91. The number of piperazine rings is 1. The van der Waals surface area contributed by atoms with Crippen molar-refractivity contribution in [2.24, 2.45) is 0 Å². The standard InChI is InChI=1S/C30H35N5O4/c1-2-17-32-21-28(37)34-26(18-22-13-15-25(36)16-14-22)29(38)33(24-11-7-4-8-12-24)20-27(34)35(32)30(39)31-19-23-9-5-3-6-10-23/h1,3,5-6,9-10,13-16,24,26-27,36H,4,7-8,11-12,17-21H2,(H,31,39)/t26-,27-/m0/s1. The maximum Gasteiger partial charge on any atom is 0.334 e. The van der Waals surface area contributed by atoms with Crippen LogP contribution in [0, 0.1) is 12.3 Å². The molecule has 1 saturated carbocycles. The minimum atomic E-state index is -0.764. The van der Waals surface area contributed by atoms with Gasteiger partial charge >= 0.3 is 6.03 Å². The number of hydrogen-bond donors (Lipinski definition) is 2. The first-order chi connectivity index (χ1) is 19.0. The molecule has 0 radical (unpaired) electrons. The highest BCUT2D eigenvalue weighted by Crippen LogP contribution is 2.32. The first kappa shape index (κ1) is 26.6. The van der Waals surface area contributed by atoms with Crippen LogP contribution < -0.4 is 5.32 Å². The van der Waals surface area contributed by atoms with Gasteiger partial charge in [0.25, 0.3) is 0 Å². The van der Waals surface area contributed by atoms with E-state index in [1.54, 1.807) is 39.2 Å². The highest BCUT2D eigenvalue weighted by molar-refractivity contribution is 5.92. The summed E-state index contributed by atoms with van der Waals surface area (Å²) in [5.74, 6) is 2.39. The number of amides is 4.